The fourth-order valence-corrected chi connectivity index (χ4v) is 5.31. The number of nitrogens with one attached hydrogen (secondary N) is 2. The molecule has 1 saturated heterocycles. The van der Waals surface area contributed by atoms with Crippen molar-refractivity contribution in [3.05, 3.63) is 30.3 Å². The average Bonchev–Trinajstić information content (AvgIpc) is 2.64. The minimum atomic E-state index is -0.0499. The molecular formula is C19H28N4OS. The van der Waals surface area contributed by atoms with E-state index in [0.717, 1.165) is 30.5 Å². The number of aliphatic imine (C=N–C) groups is 1. The third-order valence-electron chi connectivity index (χ3n) is 4.99. The summed E-state index contributed by atoms with van der Waals surface area (Å²) in [6.45, 7) is 2.27. The lowest BCUT2D eigenvalue weighted by atomic mass is 9.87. The van der Waals surface area contributed by atoms with Crippen LogP contribution in [0.4, 0.5) is 5.69 Å². The highest BCUT2D eigenvalue weighted by Crippen LogP contribution is 2.42. The number of hydrogen-bond donors (Lipinski definition) is 2. The van der Waals surface area contributed by atoms with Crippen molar-refractivity contribution in [2.24, 2.45) is 4.99 Å². The van der Waals surface area contributed by atoms with Crippen LogP contribution in [0.25, 0.3) is 0 Å². The van der Waals surface area contributed by atoms with E-state index in [1.165, 1.54) is 32.1 Å². The Bertz CT molecular complexity index is 593. The largest absolute Gasteiger partial charge is 0.347 e. The van der Waals surface area contributed by atoms with Gasteiger partial charge in [-0.15, -0.1) is 0 Å². The molecular weight excluding hydrogens is 332 g/mol. The number of rotatable bonds is 3. The van der Waals surface area contributed by atoms with Crippen LogP contribution in [0.3, 0.4) is 0 Å². The number of nitrogens with zero attached hydrogens (tertiary/aromatic N) is 2. The quantitative estimate of drug-likeness (QED) is 0.643. The van der Waals surface area contributed by atoms with Gasteiger partial charge in [0.2, 0.25) is 5.91 Å². The van der Waals surface area contributed by atoms with E-state index in [-0.39, 0.29) is 12.5 Å². The van der Waals surface area contributed by atoms with Gasteiger partial charge in [-0.2, -0.15) is 11.8 Å². The molecule has 0 radical (unpaired) electrons. The molecule has 1 aromatic carbocycles. The van der Waals surface area contributed by atoms with Gasteiger partial charge >= 0.3 is 0 Å². The molecule has 0 atom stereocenters. The number of benzene rings is 1. The molecule has 0 bridgehead atoms. The Kier molecular flexibility index (Phi) is 6.24. The van der Waals surface area contributed by atoms with Crippen molar-refractivity contribution >= 4 is 29.3 Å². The lowest BCUT2D eigenvalue weighted by Crippen LogP contribution is -2.54. The first-order valence-corrected chi connectivity index (χ1v) is 10.1. The number of thioether (sulfide) groups is 1. The molecule has 0 aromatic heterocycles. The number of para-hydroxylation sites is 1. The summed E-state index contributed by atoms with van der Waals surface area (Å²) in [6, 6.07) is 9.54. The molecule has 1 heterocycles. The molecule has 136 valence electrons. The van der Waals surface area contributed by atoms with Crippen molar-refractivity contribution in [1.29, 1.82) is 0 Å². The molecule has 1 aliphatic carbocycles. The van der Waals surface area contributed by atoms with Crippen LogP contribution < -0.4 is 10.6 Å². The highest BCUT2D eigenvalue weighted by atomic mass is 32.2. The average molecular weight is 361 g/mol. The molecule has 2 N–H and O–H groups in total. The monoisotopic (exact) mass is 360 g/mol. The summed E-state index contributed by atoms with van der Waals surface area (Å²) in [5, 5.41) is 6.14. The third-order valence-corrected chi connectivity index (χ3v) is 6.53. The standard InChI is InChI=1S/C19H28N4OS/c1-20-18(21-14-17(24)22-16-8-4-2-5-9-16)23-12-13-25-19(15-23)10-6-3-7-11-19/h2,4-5,8-9H,3,6-7,10-15H2,1H3,(H,20,21)(H,22,24). The molecule has 5 nitrogen and oxygen atoms in total. The summed E-state index contributed by atoms with van der Waals surface area (Å²) in [6.07, 6.45) is 6.66. The van der Waals surface area contributed by atoms with Gasteiger partial charge in [0, 0.05) is 36.3 Å². The maximum Gasteiger partial charge on any atom is 0.243 e. The van der Waals surface area contributed by atoms with Crippen LogP contribution in [0.2, 0.25) is 0 Å². The molecule has 1 saturated carbocycles. The van der Waals surface area contributed by atoms with E-state index in [1.54, 1.807) is 7.05 Å². The van der Waals surface area contributed by atoms with Crippen molar-refractivity contribution in [3.63, 3.8) is 0 Å². The normalized spacial score (nSPS) is 20.4. The van der Waals surface area contributed by atoms with Gasteiger partial charge < -0.3 is 15.5 Å². The first kappa shape index (κ1) is 18.1. The Balaban J connectivity index is 1.52. The van der Waals surface area contributed by atoms with Crippen LogP contribution in [0.1, 0.15) is 32.1 Å². The van der Waals surface area contributed by atoms with Crippen LogP contribution in [0, 0.1) is 0 Å². The Morgan fingerprint density at radius 2 is 2.00 bits per heavy atom. The highest BCUT2D eigenvalue weighted by Gasteiger charge is 2.38. The number of hydrogen-bond acceptors (Lipinski definition) is 3. The first-order valence-electron chi connectivity index (χ1n) is 9.15. The van der Waals surface area contributed by atoms with Crippen molar-refractivity contribution < 1.29 is 4.79 Å². The summed E-state index contributed by atoms with van der Waals surface area (Å²) in [5.74, 6) is 1.93. The molecule has 25 heavy (non-hydrogen) atoms. The number of carbonyl (C=O) groups excluding carboxylic acids is 1. The van der Waals surface area contributed by atoms with E-state index in [1.807, 2.05) is 30.3 Å². The molecule has 2 fully saturated rings. The van der Waals surface area contributed by atoms with Gasteiger partial charge in [-0.05, 0) is 25.0 Å². The first-order chi connectivity index (χ1) is 12.2. The fraction of sp³-hybridized carbons (Fsp3) is 0.579. The Hall–Kier alpha value is -1.69. The smallest absolute Gasteiger partial charge is 0.243 e. The van der Waals surface area contributed by atoms with Crippen LogP contribution in [0.15, 0.2) is 35.3 Å². The number of anilines is 1. The summed E-state index contributed by atoms with van der Waals surface area (Å²) in [7, 11) is 1.80. The maximum atomic E-state index is 12.2. The third kappa shape index (κ3) is 4.91. The predicted octanol–water partition coefficient (Wildman–Crippen LogP) is 2.95. The van der Waals surface area contributed by atoms with Gasteiger partial charge in [-0.3, -0.25) is 9.79 Å². The lowest BCUT2D eigenvalue weighted by molar-refractivity contribution is -0.115. The predicted molar refractivity (Wildman–Crippen MR) is 106 cm³/mol. The molecule has 3 rings (SSSR count). The van der Waals surface area contributed by atoms with Gasteiger partial charge in [0.15, 0.2) is 5.96 Å². The van der Waals surface area contributed by atoms with Crippen molar-refractivity contribution in [3.8, 4) is 0 Å². The molecule has 1 spiro atoms. The zero-order valence-corrected chi connectivity index (χ0v) is 15.8. The second-order valence-corrected chi connectivity index (χ2v) is 8.39. The van der Waals surface area contributed by atoms with Gasteiger partial charge in [0.25, 0.3) is 0 Å². The minimum Gasteiger partial charge on any atom is -0.347 e. The Morgan fingerprint density at radius 1 is 1.24 bits per heavy atom. The Morgan fingerprint density at radius 3 is 2.72 bits per heavy atom. The van der Waals surface area contributed by atoms with Crippen molar-refractivity contribution in [2.75, 3.05) is 37.8 Å². The highest BCUT2D eigenvalue weighted by molar-refractivity contribution is 8.00. The topological polar surface area (TPSA) is 56.7 Å². The van der Waals surface area contributed by atoms with Crippen LogP contribution in [-0.2, 0) is 4.79 Å². The van der Waals surface area contributed by atoms with Crippen LogP contribution in [0.5, 0.6) is 0 Å². The molecule has 0 unspecified atom stereocenters. The van der Waals surface area contributed by atoms with E-state index >= 15 is 0 Å². The van der Waals surface area contributed by atoms with E-state index in [4.69, 9.17) is 0 Å². The molecule has 2 aliphatic rings. The van der Waals surface area contributed by atoms with Gasteiger partial charge in [0.05, 0.1) is 6.54 Å². The SMILES string of the molecule is CN=C(NCC(=O)Nc1ccccc1)N1CCSC2(CCCCC2)C1. The lowest BCUT2D eigenvalue weighted by Gasteiger charge is -2.45. The summed E-state index contributed by atoms with van der Waals surface area (Å²) < 4.78 is 0.389. The van der Waals surface area contributed by atoms with E-state index in [2.05, 4.69) is 32.3 Å². The molecule has 1 aromatic rings. The van der Waals surface area contributed by atoms with Crippen LogP contribution in [-0.4, -0.2) is 53.9 Å². The fourth-order valence-electron chi connectivity index (χ4n) is 3.74. The summed E-state index contributed by atoms with van der Waals surface area (Å²) in [5.41, 5.74) is 0.819. The maximum absolute atomic E-state index is 12.2. The zero-order valence-electron chi connectivity index (χ0n) is 15.0. The van der Waals surface area contributed by atoms with Crippen molar-refractivity contribution in [1.82, 2.24) is 10.2 Å². The molecule has 6 heteroatoms. The van der Waals surface area contributed by atoms with E-state index in [9.17, 15) is 4.79 Å². The van der Waals surface area contributed by atoms with Crippen molar-refractivity contribution in [2.45, 2.75) is 36.9 Å². The Labute approximate surface area is 154 Å². The second kappa shape index (κ2) is 8.61. The molecule has 1 aliphatic heterocycles. The number of amides is 1. The zero-order chi connectivity index (χ0) is 17.5. The van der Waals surface area contributed by atoms with Gasteiger partial charge in [-0.25, -0.2) is 0 Å². The van der Waals surface area contributed by atoms with E-state index < -0.39 is 0 Å². The van der Waals surface area contributed by atoms with Gasteiger partial charge in [0.1, 0.15) is 0 Å². The number of carbonyl (C=O) groups is 1. The summed E-state index contributed by atoms with van der Waals surface area (Å²) >= 11 is 2.14. The molecule has 1 amide bonds. The van der Waals surface area contributed by atoms with E-state index in [0.29, 0.717) is 4.75 Å². The second-order valence-electron chi connectivity index (χ2n) is 6.83. The number of guanidine groups is 1. The summed E-state index contributed by atoms with van der Waals surface area (Å²) in [4.78, 5) is 18.9. The minimum absolute atomic E-state index is 0.0499. The van der Waals surface area contributed by atoms with Crippen LogP contribution >= 0.6 is 11.8 Å². The van der Waals surface area contributed by atoms with Gasteiger partial charge in [-0.1, -0.05) is 37.5 Å².